The molecule has 0 fully saturated rings. The Morgan fingerprint density at radius 1 is 1.32 bits per heavy atom. The normalized spacial score (nSPS) is 11.1. The first-order valence-electron chi connectivity index (χ1n) is 5.43. The number of hydrogen-bond acceptors (Lipinski definition) is 7. The van der Waals surface area contributed by atoms with E-state index in [1.54, 1.807) is 11.3 Å². The lowest BCUT2D eigenvalue weighted by atomic mass is 10.4. The molecule has 0 amide bonds. The molecule has 0 unspecified atom stereocenters. The van der Waals surface area contributed by atoms with Crippen molar-refractivity contribution in [3.05, 3.63) is 26.6 Å². The fourth-order valence-corrected chi connectivity index (χ4v) is 3.77. The smallest absolute Gasteiger partial charge is 0.270 e. The number of rotatable bonds is 3. The fraction of sp³-hybridized carbons (Fsp3) is 0.182. The Morgan fingerprint density at radius 2 is 2.16 bits per heavy atom. The van der Waals surface area contributed by atoms with E-state index in [2.05, 4.69) is 31.1 Å². The van der Waals surface area contributed by atoms with Crippen molar-refractivity contribution in [1.29, 1.82) is 0 Å². The van der Waals surface area contributed by atoms with Crippen LogP contribution >= 0.6 is 38.6 Å². The summed E-state index contributed by atoms with van der Waals surface area (Å²) in [6.45, 7) is 2.33. The van der Waals surface area contributed by atoms with Gasteiger partial charge in [0.15, 0.2) is 0 Å². The van der Waals surface area contributed by atoms with Crippen LogP contribution < -0.4 is 5.73 Å². The van der Waals surface area contributed by atoms with Crippen molar-refractivity contribution in [2.75, 3.05) is 0 Å². The highest BCUT2D eigenvalue weighted by Gasteiger charge is 2.17. The molecule has 3 aromatic rings. The summed E-state index contributed by atoms with van der Waals surface area (Å²) in [4.78, 5) is 10.6. The molecular weight excluding hydrogens is 348 g/mol. The molecule has 3 rings (SSSR count). The summed E-state index contributed by atoms with van der Waals surface area (Å²) in [6.07, 6.45) is 0. The van der Waals surface area contributed by atoms with Crippen molar-refractivity contribution in [3.63, 3.8) is 0 Å². The molecule has 3 aromatic heterocycles. The van der Waals surface area contributed by atoms with Gasteiger partial charge in [-0.2, -0.15) is 4.98 Å². The number of halogens is 1. The highest BCUT2D eigenvalue weighted by Crippen LogP contribution is 2.33. The largest absolute Gasteiger partial charge is 0.333 e. The molecule has 0 spiro atoms. The lowest BCUT2D eigenvalue weighted by Crippen LogP contribution is -1.94. The maximum atomic E-state index is 5.59. The Labute approximate surface area is 125 Å². The van der Waals surface area contributed by atoms with E-state index in [0.717, 1.165) is 24.2 Å². The van der Waals surface area contributed by atoms with Crippen LogP contribution in [0.15, 0.2) is 20.4 Å². The van der Waals surface area contributed by atoms with Crippen LogP contribution in [0.5, 0.6) is 0 Å². The zero-order valence-electron chi connectivity index (χ0n) is 9.88. The number of aryl methyl sites for hydroxylation is 1. The predicted octanol–water partition coefficient (Wildman–Crippen LogP) is 3.45. The van der Waals surface area contributed by atoms with Crippen molar-refractivity contribution in [2.45, 2.75) is 13.5 Å². The zero-order chi connectivity index (χ0) is 13.4. The van der Waals surface area contributed by atoms with Crippen molar-refractivity contribution in [2.24, 2.45) is 5.73 Å². The lowest BCUT2D eigenvalue weighted by Gasteiger charge is -1.87. The number of aromatic nitrogens is 3. The molecule has 0 radical (unpaired) electrons. The van der Waals surface area contributed by atoms with Gasteiger partial charge in [-0.1, -0.05) is 5.16 Å². The molecule has 98 valence electrons. The third-order valence-corrected chi connectivity index (χ3v) is 5.22. The quantitative estimate of drug-likeness (QED) is 0.777. The minimum atomic E-state index is 0.421. The van der Waals surface area contributed by atoms with Gasteiger partial charge in [0.2, 0.25) is 5.82 Å². The Bertz CT molecular complexity index is 718. The van der Waals surface area contributed by atoms with E-state index >= 15 is 0 Å². The molecule has 8 heteroatoms. The summed E-state index contributed by atoms with van der Waals surface area (Å²) in [7, 11) is 0. The van der Waals surface area contributed by atoms with Gasteiger partial charge in [-0.3, -0.25) is 0 Å². The van der Waals surface area contributed by atoms with Crippen molar-refractivity contribution in [3.8, 4) is 21.5 Å². The molecule has 0 aliphatic carbocycles. The minimum absolute atomic E-state index is 0.421. The maximum absolute atomic E-state index is 5.59. The van der Waals surface area contributed by atoms with Crippen molar-refractivity contribution < 1.29 is 4.52 Å². The number of nitrogens with two attached hydrogens (primary N) is 1. The number of hydrogen-bond donors (Lipinski definition) is 1. The van der Waals surface area contributed by atoms with Gasteiger partial charge in [0.05, 0.1) is 14.4 Å². The van der Waals surface area contributed by atoms with E-state index in [-0.39, 0.29) is 0 Å². The highest BCUT2D eigenvalue weighted by molar-refractivity contribution is 9.11. The number of nitrogens with zero attached hydrogens (tertiary/aromatic N) is 3. The lowest BCUT2D eigenvalue weighted by molar-refractivity contribution is 0.433. The SMILES string of the molecule is Cc1nc(CN)sc1-c1nc(-c2ccc(Br)s2)no1. The molecular formula is C11H9BrN4OS2. The van der Waals surface area contributed by atoms with Crippen LogP contribution in [0.1, 0.15) is 10.7 Å². The molecule has 0 bridgehead atoms. The van der Waals surface area contributed by atoms with E-state index in [9.17, 15) is 0 Å². The van der Waals surface area contributed by atoms with Crippen LogP contribution in [0.3, 0.4) is 0 Å². The monoisotopic (exact) mass is 356 g/mol. The van der Waals surface area contributed by atoms with Crippen LogP contribution in [0.4, 0.5) is 0 Å². The van der Waals surface area contributed by atoms with E-state index in [1.807, 2.05) is 19.1 Å². The summed E-state index contributed by atoms with van der Waals surface area (Å²) in [5.41, 5.74) is 6.46. The fourth-order valence-electron chi connectivity index (χ4n) is 1.59. The van der Waals surface area contributed by atoms with E-state index in [1.165, 1.54) is 11.3 Å². The summed E-state index contributed by atoms with van der Waals surface area (Å²) < 4.78 is 6.35. The predicted molar refractivity (Wildman–Crippen MR) is 79.0 cm³/mol. The van der Waals surface area contributed by atoms with Crippen molar-refractivity contribution >= 4 is 38.6 Å². The van der Waals surface area contributed by atoms with Crippen LogP contribution in [-0.2, 0) is 6.54 Å². The second kappa shape index (κ2) is 5.12. The first kappa shape index (κ1) is 12.9. The molecule has 5 nitrogen and oxygen atoms in total. The molecule has 0 aliphatic rings. The topological polar surface area (TPSA) is 77.8 Å². The zero-order valence-corrected chi connectivity index (χ0v) is 13.1. The Morgan fingerprint density at radius 3 is 2.79 bits per heavy atom. The minimum Gasteiger partial charge on any atom is -0.333 e. The molecule has 3 heterocycles. The Hall–Kier alpha value is -1.09. The Kier molecular flexibility index (Phi) is 3.48. The molecule has 0 saturated carbocycles. The first-order chi connectivity index (χ1) is 9.17. The molecule has 0 aromatic carbocycles. The van der Waals surface area contributed by atoms with Crippen LogP contribution in [0.25, 0.3) is 21.5 Å². The van der Waals surface area contributed by atoms with Crippen LogP contribution in [0, 0.1) is 6.92 Å². The number of thiophene rings is 1. The molecule has 0 aliphatic heterocycles. The molecule has 2 N–H and O–H groups in total. The van der Waals surface area contributed by atoms with Crippen LogP contribution in [-0.4, -0.2) is 15.1 Å². The average molecular weight is 357 g/mol. The maximum Gasteiger partial charge on any atom is 0.270 e. The second-order valence-electron chi connectivity index (χ2n) is 3.75. The second-order valence-corrected chi connectivity index (χ2v) is 7.30. The molecule has 0 saturated heterocycles. The van der Waals surface area contributed by atoms with Crippen molar-refractivity contribution in [1.82, 2.24) is 15.1 Å². The van der Waals surface area contributed by atoms with E-state index < -0.39 is 0 Å². The third-order valence-electron chi connectivity index (χ3n) is 2.43. The van der Waals surface area contributed by atoms with Gasteiger partial charge in [-0.05, 0) is 35.0 Å². The standard InChI is InChI=1S/C11H9BrN4OS2/c1-5-9(19-8(4-13)14-5)11-15-10(16-17-11)6-2-3-7(12)18-6/h2-3H,4,13H2,1H3. The molecule has 0 atom stereocenters. The van der Waals surface area contributed by atoms with Gasteiger partial charge in [0, 0.05) is 6.54 Å². The van der Waals surface area contributed by atoms with Gasteiger partial charge in [-0.15, -0.1) is 22.7 Å². The summed E-state index contributed by atoms with van der Waals surface area (Å²) in [6, 6.07) is 3.91. The van der Waals surface area contributed by atoms with Gasteiger partial charge in [0.25, 0.3) is 5.89 Å². The van der Waals surface area contributed by atoms with Gasteiger partial charge < -0.3 is 10.3 Å². The van der Waals surface area contributed by atoms with Gasteiger partial charge in [0.1, 0.15) is 9.88 Å². The average Bonchev–Trinajstić information content (AvgIpc) is 3.07. The number of thiazole rings is 1. The van der Waals surface area contributed by atoms with E-state index in [4.69, 9.17) is 10.3 Å². The highest BCUT2D eigenvalue weighted by atomic mass is 79.9. The third kappa shape index (κ3) is 2.48. The van der Waals surface area contributed by atoms with E-state index in [0.29, 0.717) is 18.3 Å². The summed E-state index contributed by atoms with van der Waals surface area (Å²) in [5.74, 6) is 1.09. The molecule has 19 heavy (non-hydrogen) atoms. The summed E-state index contributed by atoms with van der Waals surface area (Å²) in [5, 5.41) is 4.87. The van der Waals surface area contributed by atoms with Gasteiger partial charge in [-0.25, -0.2) is 4.98 Å². The van der Waals surface area contributed by atoms with Gasteiger partial charge >= 0.3 is 0 Å². The first-order valence-corrected chi connectivity index (χ1v) is 7.86. The Balaban J connectivity index is 1.98. The van der Waals surface area contributed by atoms with Crippen LogP contribution in [0.2, 0.25) is 0 Å². The summed E-state index contributed by atoms with van der Waals surface area (Å²) >= 11 is 6.47.